The summed E-state index contributed by atoms with van der Waals surface area (Å²) in [5, 5.41) is 16.0. The standard InChI is InChI=1S/C19H21N3O4S/c23-19(8-7-15-4-1-2-5-16(15)22(24)25)20-14-17(18-6-3-13-27-18)21-9-11-26-12-10-21/h1-8,13,17H,9-12,14H2,(H,20,23)/b8-7+. The van der Waals surface area contributed by atoms with Crippen LogP contribution in [0, 0.1) is 10.1 Å². The van der Waals surface area contributed by atoms with Gasteiger partial charge in [0.15, 0.2) is 0 Å². The minimum atomic E-state index is -0.456. The summed E-state index contributed by atoms with van der Waals surface area (Å²) >= 11 is 1.66. The van der Waals surface area contributed by atoms with Gasteiger partial charge in [-0.2, -0.15) is 0 Å². The number of hydrogen-bond donors (Lipinski definition) is 1. The van der Waals surface area contributed by atoms with Crippen LogP contribution in [0.5, 0.6) is 0 Å². The molecule has 2 aromatic rings. The number of para-hydroxylation sites is 1. The first kappa shape index (κ1) is 19.2. The van der Waals surface area contributed by atoms with Crippen molar-refractivity contribution in [1.82, 2.24) is 10.2 Å². The predicted molar refractivity (Wildman–Crippen MR) is 105 cm³/mol. The quantitative estimate of drug-likeness (QED) is 0.449. The summed E-state index contributed by atoms with van der Waals surface area (Å²) in [6.07, 6.45) is 2.81. The van der Waals surface area contributed by atoms with Gasteiger partial charge in [-0.25, -0.2) is 0 Å². The van der Waals surface area contributed by atoms with Crippen LogP contribution in [0.2, 0.25) is 0 Å². The summed E-state index contributed by atoms with van der Waals surface area (Å²) in [5.74, 6) is -0.275. The van der Waals surface area contributed by atoms with Gasteiger partial charge in [-0.3, -0.25) is 19.8 Å². The van der Waals surface area contributed by atoms with Gasteiger partial charge in [0.1, 0.15) is 0 Å². The SMILES string of the molecule is O=C(/C=C/c1ccccc1[N+](=O)[O-])NCC(c1cccs1)N1CCOCC1. The molecule has 1 atom stereocenters. The number of morpholine rings is 1. The largest absolute Gasteiger partial charge is 0.379 e. The Hall–Kier alpha value is -2.55. The molecule has 1 aliphatic heterocycles. The molecule has 0 saturated carbocycles. The number of carbonyl (C=O) groups is 1. The lowest BCUT2D eigenvalue weighted by atomic mass is 10.1. The number of thiophene rings is 1. The van der Waals surface area contributed by atoms with Crippen molar-refractivity contribution in [3.63, 3.8) is 0 Å². The smallest absolute Gasteiger partial charge is 0.276 e. The van der Waals surface area contributed by atoms with E-state index in [1.54, 1.807) is 29.5 Å². The molecular weight excluding hydrogens is 366 g/mol. The number of benzene rings is 1. The Bertz CT molecular complexity index is 801. The van der Waals surface area contributed by atoms with Crippen LogP contribution in [-0.4, -0.2) is 48.6 Å². The number of nitrogens with one attached hydrogen (secondary N) is 1. The Morgan fingerprint density at radius 1 is 1.30 bits per heavy atom. The summed E-state index contributed by atoms with van der Waals surface area (Å²) in [6.45, 7) is 3.50. The number of rotatable bonds is 7. The van der Waals surface area contributed by atoms with Crippen molar-refractivity contribution < 1.29 is 14.5 Å². The molecular formula is C19H21N3O4S. The maximum Gasteiger partial charge on any atom is 0.276 e. The summed E-state index contributed by atoms with van der Waals surface area (Å²) in [7, 11) is 0. The van der Waals surface area contributed by atoms with Gasteiger partial charge in [0, 0.05) is 36.7 Å². The summed E-state index contributed by atoms with van der Waals surface area (Å²) in [5.41, 5.74) is 0.381. The van der Waals surface area contributed by atoms with E-state index in [-0.39, 0.29) is 17.6 Å². The molecule has 27 heavy (non-hydrogen) atoms. The lowest BCUT2D eigenvalue weighted by Gasteiger charge is -2.34. The van der Waals surface area contributed by atoms with E-state index in [4.69, 9.17) is 4.74 Å². The molecule has 0 aliphatic carbocycles. The third kappa shape index (κ3) is 5.22. The van der Waals surface area contributed by atoms with Crippen LogP contribution in [-0.2, 0) is 9.53 Å². The third-order valence-corrected chi connectivity index (χ3v) is 5.35. The number of carbonyl (C=O) groups excluding carboxylic acids is 1. The molecule has 1 aliphatic rings. The molecule has 1 fully saturated rings. The van der Waals surface area contributed by atoms with E-state index in [1.165, 1.54) is 23.1 Å². The maximum absolute atomic E-state index is 12.2. The third-order valence-electron chi connectivity index (χ3n) is 4.38. The normalized spacial score (nSPS) is 16.3. The fraction of sp³-hybridized carbons (Fsp3) is 0.316. The monoisotopic (exact) mass is 387 g/mol. The van der Waals surface area contributed by atoms with E-state index in [9.17, 15) is 14.9 Å². The van der Waals surface area contributed by atoms with Gasteiger partial charge in [-0.1, -0.05) is 18.2 Å². The van der Waals surface area contributed by atoms with Gasteiger partial charge in [0.05, 0.1) is 29.7 Å². The minimum absolute atomic E-state index is 0.0219. The van der Waals surface area contributed by atoms with Crippen molar-refractivity contribution in [2.45, 2.75) is 6.04 Å². The molecule has 1 aromatic heterocycles. The second-order valence-corrected chi connectivity index (χ2v) is 7.05. The van der Waals surface area contributed by atoms with E-state index in [1.807, 2.05) is 11.4 Å². The molecule has 8 heteroatoms. The predicted octanol–water partition coefficient (Wildman–Crippen LogP) is 2.86. The lowest BCUT2D eigenvalue weighted by molar-refractivity contribution is -0.385. The molecule has 0 radical (unpaired) electrons. The summed E-state index contributed by atoms with van der Waals surface area (Å²) in [6, 6.07) is 10.5. The van der Waals surface area contributed by atoms with Crippen LogP contribution in [0.3, 0.4) is 0 Å². The van der Waals surface area contributed by atoms with E-state index in [0.29, 0.717) is 25.3 Å². The number of nitro benzene ring substituents is 1. The van der Waals surface area contributed by atoms with Crippen LogP contribution < -0.4 is 5.32 Å². The first-order valence-electron chi connectivity index (χ1n) is 8.69. The van der Waals surface area contributed by atoms with Gasteiger partial charge in [0.2, 0.25) is 5.91 Å². The second-order valence-electron chi connectivity index (χ2n) is 6.07. The molecule has 3 rings (SSSR count). The average molecular weight is 387 g/mol. The van der Waals surface area contributed by atoms with Crippen molar-refractivity contribution >= 4 is 29.0 Å². The minimum Gasteiger partial charge on any atom is -0.379 e. The van der Waals surface area contributed by atoms with Crippen molar-refractivity contribution in [2.75, 3.05) is 32.8 Å². The van der Waals surface area contributed by atoms with Crippen molar-refractivity contribution in [2.24, 2.45) is 0 Å². The lowest BCUT2D eigenvalue weighted by Crippen LogP contribution is -2.43. The van der Waals surface area contributed by atoms with Gasteiger partial charge in [-0.05, 0) is 23.6 Å². The molecule has 2 heterocycles. The average Bonchev–Trinajstić information content (AvgIpc) is 3.22. The zero-order valence-corrected chi connectivity index (χ0v) is 15.6. The molecule has 1 aromatic carbocycles. The van der Waals surface area contributed by atoms with Crippen LogP contribution in [0.15, 0.2) is 47.9 Å². The molecule has 1 N–H and O–H groups in total. The second kappa shape index (κ2) is 9.40. The number of nitro groups is 1. The Morgan fingerprint density at radius 3 is 2.78 bits per heavy atom. The van der Waals surface area contributed by atoms with Gasteiger partial charge in [-0.15, -0.1) is 11.3 Å². The maximum atomic E-state index is 12.2. The summed E-state index contributed by atoms with van der Waals surface area (Å²) in [4.78, 5) is 26.3. The van der Waals surface area contributed by atoms with Crippen LogP contribution in [0.25, 0.3) is 6.08 Å². The Labute approximate surface area is 161 Å². The van der Waals surface area contributed by atoms with Gasteiger partial charge in [0.25, 0.3) is 5.69 Å². The highest BCUT2D eigenvalue weighted by atomic mass is 32.1. The molecule has 1 saturated heterocycles. The first-order valence-corrected chi connectivity index (χ1v) is 9.57. The van der Waals surface area contributed by atoms with E-state index >= 15 is 0 Å². The van der Waals surface area contributed by atoms with Crippen molar-refractivity contribution in [1.29, 1.82) is 0 Å². The summed E-state index contributed by atoms with van der Waals surface area (Å²) < 4.78 is 5.42. The van der Waals surface area contributed by atoms with Gasteiger partial charge >= 0.3 is 0 Å². The topological polar surface area (TPSA) is 84.7 Å². The number of amides is 1. The van der Waals surface area contributed by atoms with E-state index in [0.717, 1.165) is 13.1 Å². The molecule has 1 amide bonds. The van der Waals surface area contributed by atoms with Crippen LogP contribution in [0.4, 0.5) is 5.69 Å². The molecule has 142 valence electrons. The molecule has 1 unspecified atom stereocenters. The highest BCUT2D eigenvalue weighted by molar-refractivity contribution is 7.10. The molecule has 7 nitrogen and oxygen atoms in total. The van der Waals surface area contributed by atoms with Crippen LogP contribution in [0.1, 0.15) is 16.5 Å². The highest BCUT2D eigenvalue weighted by Gasteiger charge is 2.23. The fourth-order valence-electron chi connectivity index (χ4n) is 3.00. The van der Waals surface area contributed by atoms with Crippen molar-refractivity contribution in [3.05, 3.63) is 68.4 Å². The zero-order valence-electron chi connectivity index (χ0n) is 14.7. The molecule has 0 bridgehead atoms. The Kier molecular flexibility index (Phi) is 6.69. The Morgan fingerprint density at radius 2 is 2.07 bits per heavy atom. The molecule has 0 spiro atoms. The highest BCUT2D eigenvalue weighted by Crippen LogP contribution is 2.25. The first-order chi connectivity index (χ1) is 13.1. The zero-order chi connectivity index (χ0) is 19.1. The van der Waals surface area contributed by atoms with E-state index in [2.05, 4.69) is 16.3 Å². The van der Waals surface area contributed by atoms with Crippen molar-refractivity contribution in [3.8, 4) is 0 Å². The number of ether oxygens (including phenoxy) is 1. The Balaban J connectivity index is 1.63. The van der Waals surface area contributed by atoms with Gasteiger partial charge < -0.3 is 10.1 Å². The van der Waals surface area contributed by atoms with Crippen LogP contribution >= 0.6 is 11.3 Å². The fourth-order valence-corrected chi connectivity index (χ4v) is 3.86. The number of nitrogens with zero attached hydrogens (tertiary/aromatic N) is 2. The number of hydrogen-bond acceptors (Lipinski definition) is 6. The van der Waals surface area contributed by atoms with E-state index < -0.39 is 4.92 Å².